The van der Waals surface area contributed by atoms with Crippen LogP contribution in [0, 0.1) is 0 Å². The van der Waals surface area contributed by atoms with Crippen LogP contribution in [-0.2, 0) is 4.79 Å². The van der Waals surface area contributed by atoms with Crippen molar-refractivity contribution in [2.75, 3.05) is 33.2 Å². The number of imide groups is 1. The summed E-state index contributed by atoms with van der Waals surface area (Å²) in [6.45, 7) is 3.51. The average molecular weight is 266 g/mol. The zero-order valence-electron chi connectivity index (χ0n) is 11.4. The number of hydrogen-bond acceptors (Lipinski definition) is 4. The maximum absolute atomic E-state index is 12.7. The Morgan fingerprint density at radius 1 is 1.16 bits per heavy atom. The lowest BCUT2D eigenvalue weighted by Gasteiger charge is -2.36. The van der Waals surface area contributed by atoms with E-state index in [4.69, 9.17) is 0 Å². The Morgan fingerprint density at radius 2 is 1.79 bits per heavy atom. The van der Waals surface area contributed by atoms with Crippen LogP contribution in [0.1, 0.15) is 25.7 Å². The normalized spacial score (nSPS) is 29.0. The zero-order valence-corrected chi connectivity index (χ0v) is 11.4. The molecule has 6 nitrogen and oxygen atoms in total. The highest BCUT2D eigenvalue weighted by Gasteiger charge is 2.53. The van der Waals surface area contributed by atoms with E-state index < -0.39 is 5.54 Å². The minimum atomic E-state index is -0.617. The minimum Gasteiger partial charge on any atom is -0.323 e. The molecule has 0 unspecified atom stereocenters. The third kappa shape index (κ3) is 2.12. The molecule has 3 fully saturated rings. The van der Waals surface area contributed by atoms with Gasteiger partial charge in [-0.2, -0.15) is 0 Å². The summed E-state index contributed by atoms with van der Waals surface area (Å²) < 4.78 is 0. The SMILES string of the molecule is CN1CCC2(CC1)NC(=O)N(C1CCNCC1)C2=O. The number of piperidine rings is 2. The first kappa shape index (κ1) is 12.9. The average Bonchev–Trinajstić information content (AvgIpc) is 2.66. The van der Waals surface area contributed by atoms with Crippen LogP contribution in [0.5, 0.6) is 0 Å². The van der Waals surface area contributed by atoms with Gasteiger partial charge in [0.1, 0.15) is 5.54 Å². The predicted octanol–water partition coefficient (Wildman–Crippen LogP) is -0.245. The van der Waals surface area contributed by atoms with Gasteiger partial charge in [-0.05, 0) is 45.8 Å². The van der Waals surface area contributed by atoms with Gasteiger partial charge in [-0.25, -0.2) is 4.79 Å². The molecule has 19 heavy (non-hydrogen) atoms. The molecule has 106 valence electrons. The summed E-state index contributed by atoms with van der Waals surface area (Å²) in [7, 11) is 2.05. The maximum Gasteiger partial charge on any atom is 0.325 e. The van der Waals surface area contributed by atoms with Gasteiger partial charge in [-0.1, -0.05) is 0 Å². The second-order valence-corrected chi connectivity index (χ2v) is 5.97. The standard InChI is InChI=1S/C13H22N4O2/c1-16-8-4-13(5-9-16)11(18)17(12(19)15-13)10-2-6-14-7-3-10/h10,14H,2-9H2,1H3,(H,15,19). The van der Waals surface area contributed by atoms with Crippen molar-refractivity contribution in [1.82, 2.24) is 20.4 Å². The fourth-order valence-corrected chi connectivity index (χ4v) is 3.38. The number of nitrogens with one attached hydrogen (secondary N) is 2. The summed E-state index contributed by atoms with van der Waals surface area (Å²) in [6, 6.07) is -0.103. The van der Waals surface area contributed by atoms with E-state index in [0.29, 0.717) is 0 Å². The number of likely N-dealkylation sites (tertiary alicyclic amines) is 1. The van der Waals surface area contributed by atoms with Gasteiger partial charge in [0.05, 0.1) is 0 Å². The number of rotatable bonds is 1. The number of urea groups is 1. The van der Waals surface area contributed by atoms with Gasteiger partial charge in [-0.3, -0.25) is 9.69 Å². The van der Waals surface area contributed by atoms with E-state index in [9.17, 15) is 9.59 Å². The van der Waals surface area contributed by atoms with Gasteiger partial charge in [0, 0.05) is 19.1 Å². The molecule has 3 amide bonds. The number of amides is 3. The summed E-state index contributed by atoms with van der Waals surface area (Å²) in [4.78, 5) is 28.6. The van der Waals surface area contributed by atoms with E-state index in [1.165, 1.54) is 4.90 Å². The molecule has 1 spiro atoms. The molecule has 3 aliphatic heterocycles. The summed E-state index contributed by atoms with van der Waals surface area (Å²) in [6.07, 6.45) is 3.20. The molecule has 3 saturated heterocycles. The molecule has 3 aliphatic rings. The van der Waals surface area contributed by atoms with Crippen LogP contribution in [0.4, 0.5) is 4.79 Å². The van der Waals surface area contributed by atoms with Crippen LogP contribution in [0.2, 0.25) is 0 Å². The maximum atomic E-state index is 12.7. The summed E-state index contributed by atoms with van der Waals surface area (Å²) >= 11 is 0. The number of carbonyl (C=O) groups is 2. The first-order valence-electron chi connectivity index (χ1n) is 7.17. The molecule has 0 aromatic rings. The third-order valence-corrected chi connectivity index (χ3v) is 4.71. The van der Waals surface area contributed by atoms with Crippen LogP contribution in [-0.4, -0.2) is 66.5 Å². The summed E-state index contributed by atoms with van der Waals surface area (Å²) in [5, 5.41) is 6.25. The summed E-state index contributed by atoms with van der Waals surface area (Å²) in [5.74, 6) is 0.0116. The van der Waals surface area contributed by atoms with Crippen LogP contribution in [0.3, 0.4) is 0 Å². The van der Waals surface area contributed by atoms with Crippen molar-refractivity contribution in [2.45, 2.75) is 37.3 Å². The molecule has 3 rings (SSSR count). The van der Waals surface area contributed by atoms with Crippen molar-refractivity contribution in [2.24, 2.45) is 0 Å². The first-order chi connectivity index (χ1) is 9.12. The van der Waals surface area contributed by atoms with Crippen molar-refractivity contribution in [3.05, 3.63) is 0 Å². The van der Waals surface area contributed by atoms with Crippen molar-refractivity contribution in [3.63, 3.8) is 0 Å². The number of hydrogen-bond donors (Lipinski definition) is 2. The number of nitrogens with zero attached hydrogens (tertiary/aromatic N) is 2. The van der Waals surface area contributed by atoms with E-state index in [2.05, 4.69) is 22.6 Å². The molecule has 3 heterocycles. The highest BCUT2D eigenvalue weighted by molar-refractivity contribution is 6.07. The van der Waals surface area contributed by atoms with Gasteiger partial charge >= 0.3 is 6.03 Å². The zero-order chi connectivity index (χ0) is 13.5. The fourth-order valence-electron chi connectivity index (χ4n) is 3.38. The Morgan fingerprint density at radius 3 is 2.42 bits per heavy atom. The highest BCUT2D eigenvalue weighted by atomic mass is 16.2. The van der Waals surface area contributed by atoms with E-state index in [1.807, 2.05) is 0 Å². The molecule has 6 heteroatoms. The smallest absolute Gasteiger partial charge is 0.323 e. The second kappa shape index (κ2) is 4.76. The van der Waals surface area contributed by atoms with Gasteiger partial charge in [-0.15, -0.1) is 0 Å². The molecule has 0 atom stereocenters. The number of carbonyl (C=O) groups excluding carboxylic acids is 2. The van der Waals surface area contributed by atoms with Crippen LogP contribution < -0.4 is 10.6 Å². The molecule has 2 N–H and O–H groups in total. The molecule has 0 saturated carbocycles. The molecular formula is C13H22N4O2. The van der Waals surface area contributed by atoms with E-state index >= 15 is 0 Å². The van der Waals surface area contributed by atoms with Crippen LogP contribution in [0.25, 0.3) is 0 Å². The van der Waals surface area contributed by atoms with Crippen molar-refractivity contribution in [3.8, 4) is 0 Å². The molecule has 0 aromatic heterocycles. The van der Waals surface area contributed by atoms with Crippen molar-refractivity contribution >= 4 is 11.9 Å². The fraction of sp³-hybridized carbons (Fsp3) is 0.846. The molecular weight excluding hydrogens is 244 g/mol. The topological polar surface area (TPSA) is 64.7 Å². The van der Waals surface area contributed by atoms with Crippen molar-refractivity contribution in [1.29, 1.82) is 0 Å². The Balaban J connectivity index is 1.77. The van der Waals surface area contributed by atoms with Gasteiger partial charge in [0.2, 0.25) is 0 Å². The van der Waals surface area contributed by atoms with E-state index in [0.717, 1.165) is 51.9 Å². The Bertz CT molecular complexity index is 384. The minimum absolute atomic E-state index is 0.0116. The lowest BCUT2D eigenvalue weighted by Crippen LogP contribution is -2.55. The quantitative estimate of drug-likeness (QED) is 0.643. The lowest BCUT2D eigenvalue weighted by molar-refractivity contribution is -0.134. The van der Waals surface area contributed by atoms with E-state index in [-0.39, 0.29) is 18.0 Å². The molecule has 0 aromatic carbocycles. The predicted molar refractivity (Wildman–Crippen MR) is 70.7 cm³/mol. The summed E-state index contributed by atoms with van der Waals surface area (Å²) in [5.41, 5.74) is -0.617. The van der Waals surface area contributed by atoms with Crippen LogP contribution >= 0.6 is 0 Å². The van der Waals surface area contributed by atoms with Gasteiger partial charge in [0.25, 0.3) is 5.91 Å². The van der Waals surface area contributed by atoms with Crippen molar-refractivity contribution < 1.29 is 9.59 Å². The lowest BCUT2D eigenvalue weighted by atomic mass is 9.87. The molecule has 0 bridgehead atoms. The van der Waals surface area contributed by atoms with Gasteiger partial charge < -0.3 is 15.5 Å². The van der Waals surface area contributed by atoms with Crippen LogP contribution in [0.15, 0.2) is 0 Å². The van der Waals surface area contributed by atoms with E-state index in [1.54, 1.807) is 0 Å². The Labute approximate surface area is 113 Å². The largest absolute Gasteiger partial charge is 0.325 e. The third-order valence-electron chi connectivity index (χ3n) is 4.71. The highest BCUT2D eigenvalue weighted by Crippen LogP contribution is 2.31. The second-order valence-electron chi connectivity index (χ2n) is 5.97. The van der Waals surface area contributed by atoms with Gasteiger partial charge in [0.15, 0.2) is 0 Å². The Hall–Kier alpha value is -1.14. The molecule has 0 radical (unpaired) electrons. The molecule has 0 aliphatic carbocycles. The first-order valence-corrected chi connectivity index (χ1v) is 7.17. The monoisotopic (exact) mass is 266 g/mol. The Kier molecular flexibility index (Phi) is 3.22.